The highest BCUT2D eigenvalue weighted by atomic mass is 79.9. The summed E-state index contributed by atoms with van der Waals surface area (Å²) in [5.74, 6) is -0.0138. The van der Waals surface area contributed by atoms with Crippen LogP contribution in [0, 0.1) is 0 Å². The molecule has 5 heteroatoms. The molecule has 0 fully saturated rings. The molecule has 1 amide bonds. The third-order valence-corrected chi connectivity index (χ3v) is 3.15. The molecule has 3 nitrogen and oxygen atoms in total. The van der Waals surface area contributed by atoms with Gasteiger partial charge in [-0.25, -0.2) is 0 Å². The number of benzene rings is 1. The molecule has 1 aromatic carbocycles. The second kappa shape index (κ2) is 3.47. The lowest BCUT2D eigenvalue weighted by molar-refractivity contribution is 0.0783. The first-order valence-electron chi connectivity index (χ1n) is 4.11. The Hall–Kier alpha value is -0.680. The lowest BCUT2D eigenvalue weighted by atomic mass is 10.1. The van der Waals surface area contributed by atoms with Gasteiger partial charge in [-0.15, -0.1) is 12.6 Å². The normalized spacial score (nSPS) is 20.4. The fourth-order valence-electron chi connectivity index (χ4n) is 1.36. The molecule has 1 aliphatic heterocycles. The van der Waals surface area contributed by atoms with Gasteiger partial charge in [0.1, 0.15) is 5.50 Å². The fourth-order valence-corrected chi connectivity index (χ4v) is 1.96. The third kappa shape index (κ3) is 1.50. The summed E-state index contributed by atoms with van der Waals surface area (Å²) in [7, 11) is 1.72. The Morgan fingerprint density at radius 3 is 3.00 bits per heavy atom. The minimum atomic E-state index is -0.254. The Morgan fingerprint density at radius 1 is 1.57 bits per heavy atom. The third-order valence-electron chi connectivity index (χ3n) is 2.18. The molecule has 0 saturated carbocycles. The molecule has 1 aliphatic rings. The van der Waals surface area contributed by atoms with Crippen LogP contribution < -0.4 is 5.32 Å². The summed E-state index contributed by atoms with van der Waals surface area (Å²) in [6.45, 7) is 0. The average molecular weight is 273 g/mol. The molecular weight excluding hydrogens is 264 g/mol. The smallest absolute Gasteiger partial charge is 0.258 e. The summed E-state index contributed by atoms with van der Waals surface area (Å²) in [6, 6.07) is 5.57. The van der Waals surface area contributed by atoms with Gasteiger partial charge in [0, 0.05) is 17.2 Å². The summed E-state index contributed by atoms with van der Waals surface area (Å²) >= 11 is 7.58. The van der Waals surface area contributed by atoms with Crippen molar-refractivity contribution < 1.29 is 4.79 Å². The van der Waals surface area contributed by atoms with E-state index < -0.39 is 0 Å². The van der Waals surface area contributed by atoms with Crippen LogP contribution in [0.25, 0.3) is 0 Å². The maximum Gasteiger partial charge on any atom is 0.258 e. The highest BCUT2D eigenvalue weighted by Crippen LogP contribution is 2.28. The Labute approximate surface area is 96.0 Å². The van der Waals surface area contributed by atoms with E-state index in [2.05, 4.69) is 33.9 Å². The van der Waals surface area contributed by atoms with Gasteiger partial charge in [-0.1, -0.05) is 15.9 Å². The highest BCUT2D eigenvalue weighted by molar-refractivity contribution is 9.10. The van der Waals surface area contributed by atoms with Crippen molar-refractivity contribution in [2.75, 3.05) is 12.4 Å². The largest absolute Gasteiger partial charge is 0.356 e. The summed E-state index contributed by atoms with van der Waals surface area (Å²) in [5.41, 5.74) is 1.25. The molecule has 1 aromatic rings. The molecule has 0 radical (unpaired) electrons. The minimum absolute atomic E-state index is 0.0138. The van der Waals surface area contributed by atoms with Gasteiger partial charge in [0.2, 0.25) is 0 Å². The van der Waals surface area contributed by atoms with E-state index in [9.17, 15) is 4.79 Å². The molecule has 1 atom stereocenters. The highest BCUT2D eigenvalue weighted by Gasteiger charge is 2.26. The van der Waals surface area contributed by atoms with Gasteiger partial charge in [0.15, 0.2) is 0 Å². The number of nitrogens with one attached hydrogen (secondary N) is 1. The summed E-state index contributed by atoms with van der Waals surface area (Å²) in [5, 5.41) is 3.12. The topological polar surface area (TPSA) is 32.3 Å². The molecule has 1 unspecified atom stereocenters. The number of halogens is 1. The van der Waals surface area contributed by atoms with E-state index in [4.69, 9.17) is 0 Å². The van der Waals surface area contributed by atoms with Crippen LogP contribution in [0.5, 0.6) is 0 Å². The summed E-state index contributed by atoms with van der Waals surface area (Å²) in [4.78, 5) is 13.3. The second-order valence-electron chi connectivity index (χ2n) is 3.12. The van der Waals surface area contributed by atoms with E-state index in [1.165, 1.54) is 0 Å². The monoisotopic (exact) mass is 272 g/mol. The Kier molecular flexibility index (Phi) is 2.45. The Balaban J connectivity index is 2.51. The second-order valence-corrected chi connectivity index (χ2v) is 4.53. The van der Waals surface area contributed by atoms with Gasteiger partial charge < -0.3 is 10.2 Å². The number of hydrogen-bond acceptors (Lipinski definition) is 3. The van der Waals surface area contributed by atoms with Crippen LogP contribution in [0.2, 0.25) is 0 Å². The van der Waals surface area contributed by atoms with Gasteiger partial charge in [0.25, 0.3) is 5.91 Å². The molecule has 0 spiro atoms. The van der Waals surface area contributed by atoms with Gasteiger partial charge in [-0.05, 0) is 18.2 Å². The maximum atomic E-state index is 11.8. The van der Waals surface area contributed by atoms with Gasteiger partial charge in [0.05, 0.1) is 5.56 Å². The summed E-state index contributed by atoms with van der Waals surface area (Å²) in [6.07, 6.45) is 0. The average Bonchev–Trinajstić information content (AvgIpc) is 2.16. The van der Waals surface area contributed by atoms with Crippen molar-refractivity contribution in [2.24, 2.45) is 0 Å². The molecule has 1 N–H and O–H groups in total. The van der Waals surface area contributed by atoms with Crippen molar-refractivity contribution in [2.45, 2.75) is 5.50 Å². The maximum absolute atomic E-state index is 11.8. The van der Waals surface area contributed by atoms with E-state index in [1.807, 2.05) is 12.1 Å². The van der Waals surface area contributed by atoms with Crippen LogP contribution in [-0.4, -0.2) is 23.4 Å². The molecule has 0 aromatic heterocycles. The van der Waals surface area contributed by atoms with E-state index in [0.29, 0.717) is 5.56 Å². The van der Waals surface area contributed by atoms with Crippen molar-refractivity contribution >= 4 is 40.2 Å². The molecule has 0 aliphatic carbocycles. The number of anilines is 1. The lowest BCUT2D eigenvalue weighted by Crippen LogP contribution is -2.42. The van der Waals surface area contributed by atoms with E-state index in [1.54, 1.807) is 18.0 Å². The van der Waals surface area contributed by atoms with Crippen LogP contribution in [0.3, 0.4) is 0 Å². The van der Waals surface area contributed by atoms with Gasteiger partial charge >= 0.3 is 0 Å². The molecule has 74 valence electrons. The molecule has 14 heavy (non-hydrogen) atoms. The van der Waals surface area contributed by atoms with Crippen LogP contribution in [0.4, 0.5) is 5.69 Å². The zero-order valence-corrected chi connectivity index (χ0v) is 9.97. The zero-order chi connectivity index (χ0) is 10.3. The first-order chi connectivity index (χ1) is 6.59. The van der Waals surface area contributed by atoms with Gasteiger partial charge in [-0.2, -0.15) is 0 Å². The number of amides is 1. The Morgan fingerprint density at radius 2 is 2.29 bits per heavy atom. The lowest BCUT2D eigenvalue weighted by Gasteiger charge is -2.32. The molecular formula is C9H9BrN2OS. The van der Waals surface area contributed by atoms with Crippen molar-refractivity contribution in [3.63, 3.8) is 0 Å². The predicted octanol–water partition coefficient (Wildman–Crippen LogP) is 2.16. The fraction of sp³-hybridized carbons (Fsp3) is 0.222. The standard InChI is InChI=1S/C9H9BrN2OS/c1-12-8(13)6-4-5(10)2-3-7(6)11-9(12)14/h2-4,9,11,14H,1H3. The first kappa shape index (κ1) is 9.86. The van der Waals surface area contributed by atoms with Crippen molar-refractivity contribution in [3.8, 4) is 0 Å². The number of thiol groups is 1. The van der Waals surface area contributed by atoms with Crippen LogP contribution in [0.1, 0.15) is 10.4 Å². The zero-order valence-electron chi connectivity index (χ0n) is 7.49. The quantitative estimate of drug-likeness (QED) is 0.710. The molecule has 2 rings (SSSR count). The molecule has 0 bridgehead atoms. The van der Waals surface area contributed by atoms with E-state index >= 15 is 0 Å². The first-order valence-corrected chi connectivity index (χ1v) is 5.42. The number of nitrogens with zero attached hydrogens (tertiary/aromatic N) is 1. The SMILES string of the molecule is CN1C(=O)c2cc(Br)ccc2NC1S. The van der Waals surface area contributed by atoms with Crippen molar-refractivity contribution in [1.29, 1.82) is 0 Å². The minimum Gasteiger partial charge on any atom is -0.356 e. The van der Waals surface area contributed by atoms with Crippen molar-refractivity contribution in [3.05, 3.63) is 28.2 Å². The molecule has 0 saturated heterocycles. The van der Waals surface area contributed by atoms with E-state index in [-0.39, 0.29) is 11.4 Å². The predicted molar refractivity (Wildman–Crippen MR) is 62.6 cm³/mol. The number of hydrogen-bond donors (Lipinski definition) is 2. The van der Waals surface area contributed by atoms with Crippen LogP contribution >= 0.6 is 28.6 Å². The van der Waals surface area contributed by atoms with Crippen LogP contribution in [-0.2, 0) is 0 Å². The van der Waals surface area contributed by atoms with Crippen LogP contribution in [0.15, 0.2) is 22.7 Å². The summed E-state index contributed by atoms with van der Waals surface area (Å²) < 4.78 is 0.900. The molecule has 1 heterocycles. The number of carbonyl (C=O) groups is 1. The van der Waals surface area contributed by atoms with Gasteiger partial charge in [-0.3, -0.25) is 4.79 Å². The number of rotatable bonds is 0. The van der Waals surface area contributed by atoms with Crippen molar-refractivity contribution in [1.82, 2.24) is 4.90 Å². The number of carbonyl (C=O) groups excluding carboxylic acids is 1. The number of fused-ring (bicyclic) bond motifs is 1. The Bertz CT molecular complexity index is 396. The van der Waals surface area contributed by atoms with E-state index in [0.717, 1.165) is 10.2 Å².